The van der Waals surface area contributed by atoms with Crippen LogP contribution in [-0.4, -0.2) is 53.0 Å². The van der Waals surface area contributed by atoms with E-state index < -0.39 is 12.0 Å². The van der Waals surface area contributed by atoms with E-state index in [4.69, 9.17) is 4.98 Å². The Morgan fingerprint density at radius 1 is 1.05 bits per heavy atom. The Kier molecular flexibility index (Phi) is 8.39. The normalized spacial score (nSPS) is 20.3. The highest BCUT2D eigenvalue weighted by Crippen LogP contribution is 2.27. The number of carboxylic acids is 1. The highest BCUT2D eigenvalue weighted by Gasteiger charge is 2.28. The molecular formula is C30H40N4O3. The maximum Gasteiger partial charge on any atom is 0.305 e. The number of likely N-dealkylation sites (tertiary alicyclic amines) is 1. The Bertz CT molecular complexity index is 1120. The smallest absolute Gasteiger partial charge is 0.305 e. The number of amides is 1. The second kappa shape index (κ2) is 12.1. The molecule has 1 saturated heterocycles. The summed E-state index contributed by atoms with van der Waals surface area (Å²) in [5.41, 5.74) is 6.02. The molecule has 1 amide bonds. The van der Waals surface area contributed by atoms with Crippen molar-refractivity contribution in [3.8, 4) is 0 Å². The van der Waals surface area contributed by atoms with Crippen molar-refractivity contribution >= 4 is 17.7 Å². The number of aromatic nitrogens is 1. The quantitative estimate of drug-likeness (QED) is 0.472. The summed E-state index contributed by atoms with van der Waals surface area (Å²) in [6.45, 7) is 3.68. The zero-order valence-electron chi connectivity index (χ0n) is 21.8. The molecule has 1 aliphatic carbocycles. The minimum absolute atomic E-state index is 0.0175. The molecular weight excluding hydrogens is 464 g/mol. The summed E-state index contributed by atoms with van der Waals surface area (Å²) in [6, 6.07) is 10.1. The third-order valence-corrected chi connectivity index (χ3v) is 8.21. The molecule has 1 aromatic carbocycles. The molecule has 0 radical (unpaired) electrons. The number of nitrogens with zero attached hydrogens (tertiary/aromatic N) is 2. The largest absolute Gasteiger partial charge is 0.481 e. The number of hydrogen-bond acceptors (Lipinski definition) is 5. The molecule has 7 heteroatoms. The molecule has 0 spiro atoms. The fourth-order valence-corrected chi connectivity index (χ4v) is 6.15. The van der Waals surface area contributed by atoms with Crippen LogP contribution in [0.3, 0.4) is 0 Å². The fraction of sp³-hybridized carbons (Fsp3) is 0.567. The minimum atomic E-state index is -0.890. The molecule has 2 aromatic rings. The second-order valence-corrected chi connectivity index (χ2v) is 11.0. The number of rotatable bonds is 9. The summed E-state index contributed by atoms with van der Waals surface area (Å²) in [7, 11) is 0. The first kappa shape index (κ1) is 25.7. The molecule has 37 heavy (non-hydrogen) atoms. The number of nitrogens with one attached hydrogen (secondary N) is 2. The number of carboxylic acid groups (broad SMARTS) is 1. The summed E-state index contributed by atoms with van der Waals surface area (Å²) >= 11 is 0. The molecule has 0 unspecified atom stereocenters. The van der Waals surface area contributed by atoms with Crippen molar-refractivity contribution in [2.24, 2.45) is 5.92 Å². The molecule has 2 aliphatic heterocycles. The van der Waals surface area contributed by atoms with Crippen molar-refractivity contribution in [3.05, 3.63) is 58.3 Å². The van der Waals surface area contributed by atoms with E-state index in [0.717, 1.165) is 88.2 Å². The lowest BCUT2D eigenvalue weighted by Crippen LogP contribution is -2.44. The van der Waals surface area contributed by atoms with Gasteiger partial charge in [0.1, 0.15) is 5.82 Å². The molecule has 5 rings (SSSR count). The topological polar surface area (TPSA) is 94.6 Å². The van der Waals surface area contributed by atoms with Crippen LogP contribution in [0.25, 0.3) is 0 Å². The first-order chi connectivity index (χ1) is 18.0. The Hall–Kier alpha value is -2.93. The maximum absolute atomic E-state index is 13.3. The first-order valence-electron chi connectivity index (χ1n) is 14.1. The van der Waals surface area contributed by atoms with E-state index in [2.05, 4.69) is 39.8 Å². The lowest BCUT2D eigenvalue weighted by Gasteiger charge is -2.33. The summed E-state index contributed by atoms with van der Waals surface area (Å²) in [5.74, 6) is 0.0393. The SMILES string of the molecule is O=C(O)C[C@H](NC(=O)[C@@H]1CCCN(CCCc2ccc3c(n2)NCCC3)C1)c1ccc2c(c1)CCCC2. The van der Waals surface area contributed by atoms with E-state index in [1.54, 1.807) is 0 Å². The van der Waals surface area contributed by atoms with Crippen LogP contribution in [0.1, 0.15) is 78.9 Å². The van der Waals surface area contributed by atoms with Crippen LogP contribution in [-0.2, 0) is 35.3 Å². The van der Waals surface area contributed by atoms with Gasteiger partial charge in [-0.2, -0.15) is 0 Å². The molecule has 3 aliphatic rings. The summed E-state index contributed by atoms with van der Waals surface area (Å²) < 4.78 is 0. The van der Waals surface area contributed by atoms with Crippen molar-refractivity contribution in [2.75, 3.05) is 31.5 Å². The minimum Gasteiger partial charge on any atom is -0.481 e. The third kappa shape index (κ3) is 6.69. The molecule has 0 bridgehead atoms. The van der Waals surface area contributed by atoms with Crippen LogP contribution < -0.4 is 10.6 Å². The number of carbonyl (C=O) groups is 2. The number of piperidine rings is 1. The van der Waals surface area contributed by atoms with Gasteiger partial charge in [-0.1, -0.05) is 24.3 Å². The fourth-order valence-electron chi connectivity index (χ4n) is 6.15. The average molecular weight is 505 g/mol. The monoisotopic (exact) mass is 504 g/mol. The average Bonchev–Trinajstić information content (AvgIpc) is 2.92. The molecule has 1 fully saturated rings. The number of fused-ring (bicyclic) bond motifs is 2. The molecule has 198 valence electrons. The van der Waals surface area contributed by atoms with Crippen LogP contribution >= 0.6 is 0 Å². The second-order valence-electron chi connectivity index (χ2n) is 11.0. The van der Waals surface area contributed by atoms with Gasteiger partial charge in [0.2, 0.25) is 5.91 Å². The Morgan fingerprint density at radius 2 is 1.86 bits per heavy atom. The van der Waals surface area contributed by atoms with Gasteiger partial charge in [0.05, 0.1) is 18.4 Å². The van der Waals surface area contributed by atoms with Gasteiger partial charge in [0, 0.05) is 18.8 Å². The molecule has 0 saturated carbocycles. The van der Waals surface area contributed by atoms with Gasteiger partial charge in [0.15, 0.2) is 0 Å². The Labute approximate surface area is 220 Å². The number of carbonyl (C=O) groups excluding carboxylic acids is 1. The summed E-state index contributed by atoms with van der Waals surface area (Å²) in [5, 5.41) is 16.1. The molecule has 2 atom stereocenters. The van der Waals surface area contributed by atoms with Gasteiger partial charge in [-0.05, 0) is 106 Å². The van der Waals surface area contributed by atoms with Gasteiger partial charge < -0.3 is 20.6 Å². The lowest BCUT2D eigenvalue weighted by molar-refractivity contribution is -0.138. The van der Waals surface area contributed by atoms with Gasteiger partial charge in [0.25, 0.3) is 0 Å². The zero-order chi connectivity index (χ0) is 25.6. The van der Waals surface area contributed by atoms with Gasteiger partial charge >= 0.3 is 5.97 Å². The standard InChI is InChI=1S/C30H40N4O3/c35-28(36)19-27(24-12-11-21-6-1-2-7-23(21)18-24)33-30(37)25-9-4-16-34(20-25)17-5-10-26-14-13-22-8-3-15-31-29(22)32-26/h11-14,18,25,27H,1-10,15-17,19-20H2,(H,31,32)(H,33,37)(H,35,36)/t25-,27+/m1/s1. The highest BCUT2D eigenvalue weighted by molar-refractivity contribution is 5.80. The van der Waals surface area contributed by atoms with E-state index in [-0.39, 0.29) is 18.2 Å². The van der Waals surface area contributed by atoms with Crippen LogP contribution in [0.4, 0.5) is 5.82 Å². The van der Waals surface area contributed by atoms with E-state index in [1.165, 1.54) is 36.0 Å². The van der Waals surface area contributed by atoms with Crippen molar-refractivity contribution in [1.29, 1.82) is 0 Å². The van der Waals surface area contributed by atoms with E-state index in [1.807, 2.05) is 6.07 Å². The highest BCUT2D eigenvalue weighted by atomic mass is 16.4. The zero-order valence-corrected chi connectivity index (χ0v) is 21.8. The van der Waals surface area contributed by atoms with E-state index in [0.29, 0.717) is 0 Å². The van der Waals surface area contributed by atoms with Crippen LogP contribution in [0.5, 0.6) is 0 Å². The van der Waals surface area contributed by atoms with Gasteiger partial charge in [-0.25, -0.2) is 4.98 Å². The molecule has 3 heterocycles. The summed E-state index contributed by atoms with van der Waals surface area (Å²) in [4.78, 5) is 32.1. The number of pyridine rings is 1. The molecule has 7 nitrogen and oxygen atoms in total. The number of benzene rings is 1. The Morgan fingerprint density at radius 3 is 2.73 bits per heavy atom. The summed E-state index contributed by atoms with van der Waals surface area (Å²) in [6.07, 6.45) is 10.5. The van der Waals surface area contributed by atoms with Crippen LogP contribution in [0.15, 0.2) is 30.3 Å². The lowest BCUT2D eigenvalue weighted by atomic mass is 9.88. The molecule has 1 aromatic heterocycles. The predicted octanol–water partition coefficient (Wildman–Crippen LogP) is 4.30. The third-order valence-electron chi connectivity index (χ3n) is 8.21. The van der Waals surface area contributed by atoms with Gasteiger partial charge in [-0.3, -0.25) is 9.59 Å². The van der Waals surface area contributed by atoms with Gasteiger partial charge in [-0.15, -0.1) is 0 Å². The number of hydrogen-bond donors (Lipinski definition) is 3. The van der Waals surface area contributed by atoms with Crippen molar-refractivity contribution in [1.82, 2.24) is 15.2 Å². The molecule has 3 N–H and O–H groups in total. The number of anilines is 1. The van der Waals surface area contributed by atoms with Crippen LogP contribution in [0, 0.1) is 5.92 Å². The Balaban J connectivity index is 1.15. The van der Waals surface area contributed by atoms with E-state index in [9.17, 15) is 14.7 Å². The first-order valence-corrected chi connectivity index (χ1v) is 14.1. The van der Waals surface area contributed by atoms with Crippen molar-refractivity contribution in [3.63, 3.8) is 0 Å². The number of aliphatic carboxylic acids is 1. The van der Waals surface area contributed by atoms with Crippen LogP contribution in [0.2, 0.25) is 0 Å². The maximum atomic E-state index is 13.3. The van der Waals surface area contributed by atoms with Crippen molar-refractivity contribution < 1.29 is 14.7 Å². The van der Waals surface area contributed by atoms with E-state index >= 15 is 0 Å². The predicted molar refractivity (Wildman–Crippen MR) is 145 cm³/mol. The van der Waals surface area contributed by atoms with Crippen molar-refractivity contribution in [2.45, 2.75) is 76.7 Å². The number of aryl methyl sites for hydroxylation is 4.